The normalized spacial score (nSPS) is 14.1. The van der Waals surface area contributed by atoms with Crippen LogP contribution in [0.4, 0.5) is 68.2 Å². The molecule has 2 spiro atoms. The van der Waals surface area contributed by atoms with E-state index in [1.165, 1.54) is 130 Å². The largest absolute Gasteiger partial charge is 0.311 e. The zero-order chi connectivity index (χ0) is 63.0. The van der Waals surface area contributed by atoms with Crippen molar-refractivity contribution in [3.63, 3.8) is 0 Å². The number of hydrogen-bond donors (Lipinski definition) is 1. The molecule has 0 bridgehead atoms. The highest BCUT2D eigenvalue weighted by molar-refractivity contribution is 8.31. The Morgan fingerprint density at radius 3 is 0.681 bits per heavy atom. The number of nitrogens with zero attached hydrogens (tertiary/aromatic N) is 4. The molecule has 13 aromatic rings. The fourth-order valence-corrected chi connectivity index (χ4v) is 16.3. The van der Waals surface area contributed by atoms with Crippen LogP contribution in [0.5, 0.6) is 0 Å². The summed E-state index contributed by atoms with van der Waals surface area (Å²) in [6.07, 6.45) is 9.70. The molecule has 1 unspecified atom stereocenters. The Morgan fingerprint density at radius 1 is 0.202 bits per heavy atom. The second-order valence-electron chi connectivity index (χ2n) is 25.5. The van der Waals surface area contributed by atoms with Crippen LogP contribution in [0.25, 0.3) is 44.5 Å². The summed E-state index contributed by atoms with van der Waals surface area (Å²) >= 11 is 3.44. The zero-order valence-corrected chi connectivity index (χ0v) is 54.7. The van der Waals surface area contributed by atoms with Crippen LogP contribution in [0.15, 0.2) is 328 Å². The highest BCUT2D eigenvalue weighted by Crippen LogP contribution is 2.60. The molecule has 17 rings (SSSR count). The van der Waals surface area contributed by atoms with Gasteiger partial charge in [0.15, 0.2) is 0 Å². The van der Waals surface area contributed by atoms with Crippen molar-refractivity contribution in [2.75, 3.05) is 19.6 Å². The SMILES string of the molecule is PS.c1ccc(N(c2ccccc2)c2ccc(-c3ccc(N(c4ccc(N(c5ccc(-c6ccc(N(c7ccccc7)c7ccccc7)cc6)cc5)c5ccc6c(c5)C5(CCCC5)c5ccccc5-6)cc4)c4ccc5c(c4)C4(CCCC4)c4ccccc4-5)cc3)cc2)cc1. The molecule has 4 aliphatic carbocycles. The number of fused-ring (bicyclic) bond motifs is 10. The summed E-state index contributed by atoms with van der Waals surface area (Å²) in [5, 5.41) is 0. The molecule has 456 valence electrons. The molecule has 6 heteroatoms. The molecule has 0 aliphatic heterocycles. The van der Waals surface area contributed by atoms with Gasteiger partial charge in [-0.15, -0.1) is 0 Å². The van der Waals surface area contributed by atoms with Crippen molar-refractivity contribution in [2.45, 2.75) is 62.2 Å². The smallest absolute Gasteiger partial charge is 0.0465 e. The summed E-state index contributed by atoms with van der Waals surface area (Å²) in [6.45, 7) is 0. The van der Waals surface area contributed by atoms with Crippen LogP contribution in [0.3, 0.4) is 0 Å². The lowest BCUT2D eigenvalue weighted by Gasteiger charge is -2.31. The molecule has 0 aromatic heterocycles. The Bertz CT molecular complexity index is 4390. The molecule has 0 amide bonds. The third kappa shape index (κ3) is 10.5. The summed E-state index contributed by atoms with van der Waals surface area (Å²) in [7, 11) is 2.11. The van der Waals surface area contributed by atoms with Crippen molar-refractivity contribution in [2.24, 2.45) is 0 Å². The van der Waals surface area contributed by atoms with E-state index in [1.807, 2.05) is 0 Å². The summed E-state index contributed by atoms with van der Waals surface area (Å²) < 4.78 is 0. The van der Waals surface area contributed by atoms with E-state index in [4.69, 9.17) is 0 Å². The Kier molecular flexibility index (Phi) is 15.9. The quantitative estimate of drug-likeness (QED) is 0.0860. The molecule has 4 nitrogen and oxygen atoms in total. The van der Waals surface area contributed by atoms with Gasteiger partial charge in [0.2, 0.25) is 0 Å². The Morgan fingerprint density at radius 2 is 0.404 bits per heavy atom. The van der Waals surface area contributed by atoms with E-state index in [0.717, 1.165) is 56.9 Å². The lowest BCUT2D eigenvalue weighted by atomic mass is 9.76. The molecule has 13 aromatic carbocycles. The number of rotatable bonds is 14. The van der Waals surface area contributed by atoms with Gasteiger partial charge >= 0.3 is 0 Å². The maximum Gasteiger partial charge on any atom is 0.0465 e. The number of anilines is 12. The predicted octanol–water partition coefficient (Wildman–Crippen LogP) is 25.3. The number of thiol groups is 1. The monoisotopic (exact) mass is 1250 g/mol. The maximum absolute atomic E-state index is 3.44. The molecular formula is C88H73N4PS. The molecule has 2 saturated carbocycles. The third-order valence-corrected chi connectivity index (χ3v) is 20.5. The van der Waals surface area contributed by atoms with Crippen LogP contribution in [0.1, 0.15) is 73.6 Å². The first-order chi connectivity index (χ1) is 46.6. The average Bonchev–Trinajstić information content (AvgIpc) is 1.56. The van der Waals surface area contributed by atoms with Crippen molar-refractivity contribution in [3.05, 3.63) is 350 Å². The summed E-state index contributed by atoms with van der Waals surface area (Å²) in [4.78, 5) is 9.61. The van der Waals surface area contributed by atoms with Gasteiger partial charge in [-0.25, -0.2) is 0 Å². The van der Waals surface area contributed by atoms with E-state index in [-0.39, 0.29) is 10.8 Å². The van der Waals surface area contributed by atoms with E-state index in [1.54, 1.807) is 0 Å². The minimum Gasteiger partial charge on any atom is -0.311 e. The Hall–Kier alpha value is -10.2. The van der Waals surface area contributed by atoms with Gasteiger partial charge in [0.05, 0.1) is 0 Å². The van der Waals surface area contributed by atoms with Gasteiger partial charge < -0.3 is 19.6 Å². The van der Waals surface area contributed by atoms with E-state index >= 15 is 0 Å². The van der Waals surface area contributed by atoms with Gasteiger partial charge in [-0.05, 0) is 238 Å². The topological polar surface area (TPSA) is 13.0 Å². The van der Waals surface area contributed by atoms with Crippen molar-refractivity contribution in [1.29, 1.82) is 0 Å². The van der Waals surface area contributed by atoms with E-state index in [2.05, 4.69) is 368 Å². The molecule has 0 saturated heterocycles. The molecular weight excluding hydrogens is 1180 g/mol. The second kappa shape index (κ2) is 25.4. The van der Waals surface area contributed by atoms with Gasteiger partial charge in [-0.3, -0.25) is 0 Å². The van der Waals surface area contributed by atoms with E-state index in [9.17, 15) is 0 Å². The van der Waals surface area contributed by atoms with E-state index in [0.29, 0.717) is 0 Å². The fourth-order valence-electron chi connectivity index (χ4n) is 16.3. The van der Waals surface area contributed by atoms with Crippen molar-refractivity contribution < 1.29 is 0 Å². The molecule has 2 fully saturated rings. The van der Waals surface area contributed by atoms with Crippen LogP contribution in [0.2, 0.25) is 0 Å². The first kappa shape index (κ1) is 58.9. The lowest BCUT2D eigenvalue weighted by molar-refractivity contribution is 0.550. The summed E-state index contributed by atoms with van der Waals surface area (Å²) in [6, 6.07) is 121. The van der Waals surface area contributed by atoms with Crippen LogP contribution in [-0.2, 0) is 10.8 Å². The third-order valence-electron chi connectivity index (χ3n) is 20.5. The number of hydrogen-bond acceptors (Lipinski definition) is 5. The van der Waals surface area contributed by atoms with Gasteiger partial charge in [-0.2, -0.15) is 12.2 Å². The standard InChI is InChI=1S/C88H70N4.H3PS/c1-5-21-67(22-6-1)89(68-23-7-2-8-24-68)71-41-33-63(34-42-71)65-37-45-73(46-38-65)91(77-53-55-81-79-29-13-15-31-83(79)87(85(81)61-77)57-17-18-58-87)75-49-51-76(52-50-75)92(78-54-56-82-80-30-14-16-32-84(80)88(86(82)62-78)59-19-20-60-88)74-47-39-66(40-48-74)64-35-43-72(44-36-64)90(69-25-9-3-10-26-69)70-27-11-4-12-28-70;1-2/h1-16,21-56,61-62H,17-20,57-60H2;2H,1H2. The summed E-state index contributed by atoms with van der Waals surface area (Å²) in [5.41, 5.74) is 29.7. The van der Waals surface area contributed by atoms with Crippen molar-refractivity contribution >= 4 is 88.9 Å². The van der Waals surface area contributed by atoms with Crippen LogP contribution in [-0.4, -0.2) is 0 Å². The van der Waals surface area contributed by atoms with Crippen LogP contribution >= 0.6 is 20.7 Å². The average molecular weight is 1250 g/mol. The second-order valence-corrected chi connectivity index (χ2v) is 25.5. The Labute approximate surface area is 561 Å². The van der Waals surface area contributed by atoms with Gasteiger partial charge in [0, 0.05) is 79.1 Å². The van der Waals surface area contributed by atoms with Crippen molar-refractivity contribution in [3.8, 4) is 44.5 Å². The number of benzene rings is 13. The highest BCUT2D eigenvalue weighted by Gasteiger charge is 2.46. The zero-order valence-electron chi connectivity index (χ0n) is 52.6. The lowest BCUT2D eigenvalue weighted by Crippen LogP contribution is -2.21. The summed E-state index contributed by atoms with van der Waals surface area (Å²) in [5.74, 6) is 0. The van der Waals surface area contributed by atoms with E-state index < -0.39 is 0 Å². The molecule has 0 N–H and O–H groups in total. The highest BCUT2D eigenvalue weighted by atomic mass is 32.7. The Balaban J connectivity index is 0.00000346. The molecule has 94 heavy (non-hydrogen) atoms. The van der Waals surface area contributed by atoms with Crippen LogP contribution in [0, 0.1) is 0 Å². The van der Waals surface area contributed by atoms with Crippen molar-refractivity contribution in [1.82, 2.24) is 0 Å². The minimum absolute atomic E-state index is 0.0316. The fraction of sp³-hybridized carbons (Fsp3) is 0.114. The van der Waals surface area contributed by atoms with Crippen LogP contribution < -0.4 is 19.6 Å². The first-order valence-corrected chi connectivity index (χ1v) is 35.3. The molecule has 0 radical (unpaired) electrons. The maximum atomic E-state index is 3.44. The van der Waals surface area contributed by atoms with Gasteiger partial charge in [0.25, 0.3) is 0 Å². The predicted molar refractivity (Wildman–Crippen MR) is 404 cm³/mol. The first-order valence-electron chi connectivity index (χ1n) is 33.2. The molecule has 4 aliphatic rings. The van der Waals surface area contributed by atoms with Gasteiger partial charge in [0.1, 0.15) is 0 Å². The molecule has 0 heterocycles. The van der Waals surface area contributed by atoms with Gasteiger partial charge in [-0.1, -0.05) is 216 Å². The minimum atomic E-state index is 0.0316. The number of para-hydroxylation sites is 4. The molecule has 1 atom stereocenters.